The topological polar surface area (TPSA) is 50.9 Å². The van der Waals surface area contributed by atoms with Gasteiger partial charge in [0.1, 0.15) is 6.10 Å². The summed E-state index contributed by atoms with van der Waals surface area (Å²) in [5.41, 5.74) is 1.09. The molecule has 0 radical (unpaired) electrons. The second kappa shape index (κ2) is 5.39. The van der Waals surface area contributed by atoms with Crippen molar-refractivity contribution >= 4 is 0 Å². The molecule has 2 rings (SSSR count). The molecular weight excluding hydrogens is 226 g/mol. The molecule has 1 fully saturated rings. The summed E-state index contributed by atoms with van der Waals surface area (Å²) in [6.45, 7) is 7.49. The van der Waals surface area contributed by atoms with Crippen LogP contribution in [0.3, 0.4) is 0 Å². The van der Waals surface area contributed by atoms with E-state index in [1.165, 1.54) is 19.3 Å². The maximum atomic E-state index is 10.7. The molecule has 4 heteroatoms. The molecule has 2 unspecified atom stereocenters. The van der Waals surface area contributed by atoms with Crippen molar-refractivity contribution < 1.29 is 5.11 Å². The summed E-state index contributed by atoms with van der Waals surface area (Å²) in [5, 5.41) is 18.7. The van der Waals surface area contributed by atoms with E-state index >= 15 is 0 Å². The van der Waals surface area contributed by atoms with Crippen molar-refractivity contribution in [3.63, 3.8) is 0 Å². The third kappa shape index (κ3) is 2.58. The predicted molar refractivity (Wildman–Crippen MR) is 71.0 cm³/mol. The molecule has 0 saturated heterocycles. The van der Waals surface area contributed by atoms with Crippen LogP contribution >= 0.6 is 0 Å². The quantitative estimate of drug-likeness (QED) is 0.895. The van der Waals surface area contributed by atoms with E-state index in [1.807, 2.05) is 4.68 Å². The van der Waals surface area contributed by atoms with E-state index < -0.39 is 6.10 Å². The zero-order chi connectivity index (χ0) is 13.2. The monoisotopic (exact) mass is 251 g/mol. The zero-order valence-corrected chi connectivity index (χ0v) is 11.8. The fourth-order valence-electron chi connectivity index (χ4n) is 3.19. The lowest BCUT2D eigenvalue weighted by Gasteiger charge is -2.41. The van der Waals surface area contributed by atoms with Gasteiger partial charge in [-0.2, -0.15) is 0 Å². The molecule has 0 bridgehead atoms. The van der Waals surface area contributed by atoms with Crippen molar-refractivity contribution in [3.05, 3.63) is 11.9 Å². The van der Waals surface area contributed by atoms with Gasteiger partial charge in [0.2, 0.25) is 0 Å². The van der Waals surface area contributed by atoms with Crippen LogP contribution in [0.5, 0.6) is 0 Å². The molecule has 1 aliphatic carbocycles. The summed E-state index contributed by atoms with van der Waals surface area (Å²) in [7, 11) is 0. The third-order valence-corrected chi connectivity index (χ3v) is 4.36. The van der Waals surface area contributed by atoms with Gasteiger partial charge in [0, 0.05) is 6.54 Å². The number of aryl methyl sites for hydroxylation is 1. The Balaban J connectivity index is 2.19. The van der Waals surface area contributed by atoms with E-state index in [2.05, 4.69) is 31.1 Å². The molecule has 0 aromatic carbocycles. The molecule has 0 spiro atoms. The number of aliphatic hydroxyl groups is 1. The highest BCUT2D eigenvalue weighted by molar-refractivity contribution is 5.04. The van der Waals surface area contributed by atoms with Gasteiger partial charge in [-0.15, -0.1) is 5.10 Å². The summed E-state index contributed by atoms with van der Waals surface area (Å²) in [4.78, 5) is 0. The summed E-state index contributed by atoms with van der Waals surface area (Å²) in [6.07, 6.45) is 7.11. The van der Waals surface area contributed by atoms with Crippen molar-refractivity contribution in [2.24, 2.45) is 11.3 Å². The van der Waals surface area contributed by atoms with Gasteiger partial charge in [0.05, 0.1) is 11.9 Å². The lowest BCUT2D eigenvalue weighted by molar-refractivity contribution is -0.00110. The second-order valence-corrected chi connectivity index (χ2v) is 6.17. The van der Waals surface area contributed by atoms with Gasteiger partial charge in [0.25, 0.3) is 0 Å². The number of nitrogens with zero attached hydrogens (tertiary/aromatic N) is 3. The lowest BCUT2D eigenvalue weighted by Crippen LogP contribution is -2.33. The van der Waals surface area contributed by atoms with Crippen molar-refractivity contribution in [1.82, 2.24) is 15.0 Å². The first kappa shape index (κ1) is 13.5. The Labute approximate surface area is 109 Å². The molecule has 1 aliphatic rings. The Kier molecular flexibility index (Phi) is 4.05. The van der Waals surface area contributed by atoms with Crippen LogP contribution in [0.4, 0.5) is 0 Å². The first-order chi connectivity index (χ1) is 8.56. The van der Waals surface area contributed by atoms with Gasteiger partial charge in [-0.25, -0.2) is 4.68 Å². The van der Waals surface area contributed by atoms with Crippen molar-refractivity contribution in [2.75, 3.05) is 0 Å². The van der Waals surface area contributed by atoms with Gasteiger partial charge < -0.3 is 5.11 Å². The van der Waals surface area contributed by atoms with Crippen LogP contribution in [0.2, 0.25) is 0 Å². The highest BCUT2D eigenvalue weighted by atomic mass is 16.3. The minimum Gasteiger partial charge on any atom is -0.386 e. The predicted octanol–water partition coefficient (Wildman–Crippen LogP) is 2.94. The molecule has 1 heterocycles. The number of hydrogen-bond donors (Lipinski definition) is 1. The fourth-order valence-corrected chi connectivity index (χ4v) is 3.19. The Morgan fingerprint density at radius 3 is 2.94 bits per heavy atom. The molecule has 0 aliphatic heterocycles. The summed E-state index contributed by atoms with van der Waals surface area (Å²) in [5.74, 6) is 0.320. The Hall–Kier alpha value is -0.900. The van der Waals surface area contributed by atoms with Gasteiger partial charge in [-0.3, -0.25) is 0 Å². The zero-order valence-electron chi connectivity index (χ0n) is 11.8. The van der Waals surface area contributed by atoms with Crippen molar-refractivity contribution in [1.29, 1.82) is 0 Å². The van der Waals surface area contributed by atoms with Crippen LogP contribution in [0.1, 0.15) is 64.7 Å². The molecule has 1 N–H and O–H groups in total. The van der Waals surface area contributed by atoms with Crippen LogP contribution < -0.4 is 0 Å². The summed E-state index contributed by atoms with van der Waals surface area (Å²) in [6, 6.07) is 0. The van der Waals surface area contributed by atoms with E-state index in [9.17, 15) is 5.11 Å². The number of aromatic nitrogens is 3. The standard InChI is InChI=1S/C14H25N3O/c1-4-9-17-12(10-15-16-17)13(18)11-7-5-6-8-14(11,2)3/h10-11,13,18H,4-9H2,1-3H3. The van der Waals surface area contributed by atoms with Crippen LogP contribution in [0.15, 0.2) is 6.20 Å². The van der Waals surface area contributed by atoms with Crippen LogP contribution in [0.25, 0.3) is 0 Å². The minimum atomic E-state index is -0.429. The molecule has 18 heavy (non-hydrogen) atoms. The van der Waals surface area contributed by atoms with E-state index in [0.717, 1.165) is 25.1 Å². The highest BCUT2D eigenvalue weighted by Crippen LogP contribution is 2.46. The fraction of sp³-hybridized carbons (Fsp3) is 0.857. The first-order valence-corrected chi connectivity index (χ1v) is 7.12. The van der Waals surface area contributed by atoms with Gasteiger partial charge in [0.15, 0.2) is 0 Å². The van der Waals surface area contributed by atoms with Crippen LogP contribution in [-0.2, 0) is 6.54 Å². The van der Waals surface area contributed by atoms with E-state index in [1.54, 1.807) is 6.20 Å². The molecule has 1 aromatic rings. The SMILES string of the molecule is CCCn1nncc1C(O)C1CCCCC1(C)C. The minimum absolute atomic E-state index is 0.207. The number of rotatable bonds is 4. The van der Waals surface area contributed by atoms with Crippen LogP contribution in [0, 0.1) is 11.3 Å². The van der Waals surface area contributed by atoms with Gasteiger partial charge >= 0.3 is 0 Å². The first-order valence-electron chi connectivity index (χ1n) is 7.12. The highest BCUT2D eigenvalue weighted by Gasteiger charge is 2.38. The van der Waals surface area contributed by atoms with E-state index in [-0.39, 0.29) is 5.41 Å². The molecule has 1 saturated carbocycles. The van der Waals surface area contributed by atoms with Crippen LogP contribution in [-0.4, -0.2) is 20.1 Å². The molecular formula is C14H25N3O. The maximum absolute atomic E-state index is 10.7. The van der Waals surface area contributed by atoms with Crippen molar-refractivity contribution in [3.8, 4) is 0 Å². The Bertz CT molecular complexity index is 386. The lowest BCUT2D eigenvalue weighted by atomic mass is 9.66. The largest absolute Gasteiger partial charge is 0.386 e. The molecule has 2 atom stereocenters. The number of hydrogen-bond acceptors (Lipinski definition) is 3. The average Bonchev–Trinajstić information content (AvgIpc) is 2.76. The van der Waals surface area contributed by atoms with Crippen molar-refractivity contribution in [2.45, 2.75) is 65.5 Å². The molecule has 102 valence electrons. The summed E-state index contributed by atoms with van der Waals surface area (Å²) < 4.78 is 1.86. The van der Waals surface area contributed by atoms with Gasteiger partial charge in [-0.05, 0) is 30.6 Å². The van der Waals surface area contributed by atoms with E-state index in [4.69, 9.17) is 0 Å². The summed E-state index contributed by atoms with van der Waals surface area (Å²) >= 11 is 0. The second-order valence-electron chi connectivity index (χ2n) is 6.17. The Morgan fingerprint density at radius 2 is 2.28 bits per heavy atom. The third-order valence-electron chi connectivity index (χ3n) is 4.36. The molecule has 0 amide bonds. The van der Waals surface area contributed by atoms with E-state index in [0.29, 0.717) is 5.92 Å². The Morgan fingerprint density at radius 1 is 1.50 bits per heavy atom. The molecule has 1 aromatic heterocycles. The molecule has 4 nitrogen and oxygen atoms in total. The smallest absolute Gasteiger partial charge is 0.101 e. The average molecular weight is 251 g/mol. The van der Waals surface area contributed by atoms with Gasteiger partial charge in [-0.1, -0.05) is 38.8 Å². The maximum Gasteiger partial charge on any atom is 0.101 e. The normalized spacial score (nSPS) is 25.0. The number of aliphatic hydroxyl groups excluding tert-OH is 1.